The van der Waals surface area contributed by atoms with Crippen LogP contribution < -0.4 is 10.6 Å². The van der Waals surface area contributed by atoms with Crippen LogP contribution in [0.3, 0.4) is 0 Å². The third kappa shape index (κ3) is 15.0. The number of rotatable bonds is 23. The van der Waals surface area contributed by atoms with Crippen LogP contribution in [0.2, 0.25) is 0 Å². The van der Waals surface area contributed by atoms with E-state index < -0.39 is 11.8 Å². The average molecular weight is 585 g/mol. The largest absolute Gasteiger partial charge is 0.382 e. The second-order valence-electron chi connectivity index (χ2n) is 8.84. The molecule has 0 heterocycles. The van der Waals surface area contributed by atoms with Crippen LogP contribution in [0.1, 0.15) is 11.1 Å². The lowest BCUT2D eigenvalue weighted by atomic mass is 9.97. The van der Waals surface area contributed by atoms with E-state index in [0.717, 1.165) is 16.7 Å². The monoisotopic (exact) mass is 584 g/mol. The number of hydrogen-bond donors (Lipinski definition) is 2. The molecule has 0 aromatic heterocycles. The molecule has 0 aliphatic heterocycles. The highest BCUT2D eigenvalue weighted by molar-refractivity contribution is 6.18. The van der Waals surface area contributed by atoms with Crippen molar-refractivity contribution in [2.75, 3.05) is 93.4 Å². The van der Waals surface area contributed by atoms with Crippen LogP contribution in [-0.2, 0) is 38.0 Å². The first-order valence-corrected chi connectivity index (χ1v) is 14.1. The normalized spacial score (nSPS) is 10.6. The fourth-order valence-corrected chi connectivity index (χ4v) is 3.61. The minimum Gasteiger partial charge on any atom is -0.382 e. The summed E-state index contributed by atoms with van der Waals surface area (Å²) in [6, 6.07) is 19.6. The van der Waals surface area contributed by atoms with Crippen molar-refractivity contribution in [1.29, 1.82) is 0 Å². The van der Waals surface area contributed by atoms with Gasteiger partial charge in [-0.2, -0.15) is 0 Å². The number of amides is 2. The fraction of sp³-hybridized carbons (Fsp3) is 0.438. The molecule has 0 fully saturated rings. The first-order valence-electron chi connectivity index (χ1n) is 14.1. The van der Waals surface area contributed by atoms with E-state index in [4.69, 9.17) is 28.4 Å². The summed E-state index contributed by atoms with van der Waals surface area (Å²) < 4.78 is 31.6. The Morgan fingerprint density at radius 3 is 1.33 bits per heavy atom. The molecule has 2 rings (SSSR count). The van der Waals surface area contributed by atoms with Gasteiger partial charge in [0.2, 0.25) is 0 Å². The van der Waals surface area contributed by atoms with Crippen molar-refractivity contribution >= 4 is 17.4 Å². The molecule has 2 aromatic rings. The molecule has 0 spiro atoms. The minimum absolute atomic E-state index is 0.0230. The van der Waals surface area contributed by atoms with Gasteiger partial charge in [0.1, 0.15) is 5.57 Å². The molecule has 2 aromatic carbocycles. The molecule has 0 aliphatic rings. The van der Waals surface area contributed by atoms with E-state index >= 15 is 0 Å². The van der Waals surface area contributed by atoms with Crippen LogP contribution in [-0.4, -0.2) is 105 Å². The third-order valence-electron chi connectivity index (χ3n) is 5.75. The van der Waals surface area contributed by atoms with E-state index in [9.17, 15) is 9.59 Å². The van der Waals surface area contributed by atoms with Gasteiger partial charge in [0.15, 0.2) is 0 Å². The Labute approximate surface area is 249 Å². The van der Waals surface area contributed by atoms with Crippen molar-refractivity contribution in [2.45, 2.75) is 0 Å². The maximum atomic E-state index is 13.1. The van der Waals surface area contributed by atoms with Gasteiger partial charge in [-0.15, -0.1) is 0 Å². The van der Waals surface area contributed by atoms with E-state index in [1.54, 1.807) is 26.4 Å². The van der Waals surface area contributed by atoms with Crippen molar-refractivity contribution in [3.05, 3.63) is 89.5 Å². The van der Waals surface area contributed by atoms with E-state index in [1.807, 2.05) is 60.7 Å². The maximum absolute atomic E-state index is 13.1. The molecule has 230 valence electrons. The number of benzene rings is 2. The van der Waals surface area contributed by atoms with Gasteiger partial charge in [-0.3, -0.25) is 9.59 Å². The van der Waals surface area contributed by atoms with Gasteiger partial charge in [-0.05, 0) is 22.8 Å². The van der Waals surface area contributed by atoms with E-state index in [0.29, 0.717) is 52.9 Å². The topological polar surface area (TPSA) is 114 Å². The number of carbonyl (C=O) groups is 2. The molecule has 2 amide bonds. The number of methoxy groups -OCH3 is 2. The lowest BCUT2D eigenvalue weighted by Crippen LogP contribution is -2.37. The molecule has 0 bridgehead atoms. The van der Waals surface area contributed by atoms with Gasteiger partial charge in [0.25, 0.3) is 11.8 Å². The summed E-state index contributed by atoms with van der Waals surface area (Å²) in [7, 11) is 3.23. The summed E-state index contributed by atoms with van der Waals surface area (Å²) in [5.41, 5.74) is 2.78. The summed E-state index contributed by atoms with van der Waals surface area (Å²) in [6.07, 6.45) is 3.34. The third-order valence-corrected chi connectivity index (χ3v) is 5.75. The minimum atomic E-state index is -0.503. The zero-order valence-electron chi connectivity index (χ0n) is 24.7. The van der Waals surface area contributed by atoms with Crippen LogP contribution >= 0.6 is 0 Å². The van der Waals surface area contributed by atoms with Crippen molar-refractivity contribution in [2.24, 2.45) is 0 Å². The van der Waals surface area contributed by atoms with Crippen LogP contribution in [0.5, 0.6) is 0 Å². The Kier molecular flexibility index (Phi) is 19.2. The zero-order chi connectivity index (χ0) is 30.1. The average Bonchev–Trinajstić information content (AvgIpc) is 3.02. The van der Waals surface area contributed by atoms with E-state index in [2.05, 4.69) is 10.6 Å². The molecule has 0 saturated carbocycles. The quantitative estimate of drug-likeness (QED) is 0.0674. The number of allylic oxidation sites excluding steroid dienone is 2. The van der Waals surface area contributed by atoms with Gasteiger partial charge in [0.05, 0.1) is 66.1 Å². The predicted octanol–water partition coefficient (Wildman–Crippen LogP) is 2.64. The van der Waals surface area contributed by atoms with Crippen molar-refractivity contribution in [3.63, 3.8) is 0 Å². The smallest absolute Gasteiger partial charge is 0.256 e. The summed E-state index contributed by atoms with van der Waals surface area (Å²) in [6.45, 7) is 4.71. The van der Waals surface area contributed by atoms with Gasteiger partial charge in [-0.25, -0.2) is 0 Å². The van der Waals surface area contributed by atoms with E-state index in [-0.39, 0.29) is 31.9 Å². The lowest BCUT2D eigenvalue weighted by molar-refractivity contribution is -0.123. The summed E-state index contributed by atoms with van der Waals surface area (Å²) >= 11 is 0. The molecular formula is C32H44N2O8. The number of carbonyl (C=O) groups excluding carboxylic acids is 2. The van der Waals surface area contributed by atoms with Gasteiger partial charge >= 0.3 is 0 Å². The Morgan fingerprint density at radius 2 is 0.929 bits per heavy atom. The highest BCUT2D eigenvalue weighted by Crippen LogP contribution is 2.23. The van der Waals surface area contributed by atoms with Gasteiger partial charge in [0, 0.05) is 27.3 Å². The summed E-state index contributed by atoms with van der Waals surface area (Å²) in [5.74, 6) is -1.01. The molecule has 0 aliphatic carbocycles. The molecule has 2 N–H and O–H groups in total. The summed E-state index contributed by atoms with van der Waals surface area (Å²) in [5, 5.41) is 5.54. The SMILES string of the molecule is COCCOCCOCCNC(=O)C(=CC=C(c1ccccc1)c1ccccc1)C(=O)NCCOCCOCCOC. The number of hydrogen-bond acceptors (Lipinski definition) is 8. The molecular weight excluding hydrogens is 540 g/mol. The second-order valence-corrected chi connectivity index (χ2v) is 8.84. The maximum Gasteiger partial charge on any atom is 0.256 e. The highest BCUT2D eigenvalue weighted by Gasteiger charge is 2.17. The molecule has 0 radical (unpaired) electrons. The Bertz CT molecular complexity index is 983. The highest BCUT2D eigenvalue weighted by atomic mass is 16.5. The van der Waals surface area contributed by atoms with Crippen LogP contribution in [0.25, 0.3) is 5.57 Å². The second kappa shape index (κ2) is 23.2. The first kappa shape index (κ1) is 34.8. The van der Waals surface area contributed by atoms with Crippen LogP contribution in [0.4, 0.5) is 0 Å². The summed E-state index contributed by atoms with van der Waals surface area (Å²) in [4.78, 5) is 26.2. The Balaban J connectivity index is 2.03. The molecule has 0 saturated heterocycles. The van der Waals surface area contributed by atoms with Gasteiger partial charge in [-0.1, -0.05) is 66.7 Å². The van der Waals surface area contributed by atoms with Crippen LogP contribution in [0, 0.1) is 0 Å². The van der Waals surface area contributed by atoms with Crippen molar-refractivity contribution < 1.29 is 38.0 Å². The van der Waals surface area contributed by atoms with Crippen molar-refractivity contribution in [1.82, 2.24) is 10.6 Å². The van der Waals surface area contributed by atoms with Crippen molar-refractivity contribution in [3.8, 4) is 0 Å². The standard InChI is InChI=1S/C32H44N2O8/c1-37-19-21-41-25-23-39-17-15-33-31(35)30(32(36)34-16-18-40-24-26-42-22-20-38-2)14-13-29(27-9-5-3-6-10-27)28-11-7-4-8-12-28/h3-14H,15-26H2,1-2H3,(H,33,35)(H,34,36). The molecule has 0 atom stereocenters. The molecule has 42 heavy (non-hydrogen) atoms. The van der Waals surface area contributed by atoms with E-state index in [1.165, 1.54) is 0 Å². The molecule has 0 unspecified atom stereocenters. The first-order chi connectivity index (χ1) is 20.7. The Morgan fingerprint density at radius 1 is 0.548 bits per heavy atom. The molecule has 10 nitrogen and oxygen atoms in total. The van der Waals surface area contributed by atoms with Crippen LogP contribution in [0.15, 0.2) is 78.4 Å². The lowest BCUT2D eigenvalue weighted by Gasteiger charge is -2.12. The predicted molar refractivity (Wildman–Crippen MR) is 161 cm³/mol. The molecule has 10 heteroatoms. The number of nitrogens with one attached hydrogen (secondary N) is 2. The fourth-order valence-electron chi connectivity index (χ4n) is 3.61. The zero-order valence-corrected chi connectivity index (χ0v) is 24.7. The Hall–Kier alpha value is -3.38. The number of ether oxygens (including phenoxy) is 6. The van der Waals surface area contributed by atoms with Gasteiger partial charge < -0.3 is 39.1 Å².